The number of rotatable bonds is 3. The van der Waals surface area contributed by atoms with Crippen LogP contribution in [-0.2, 0) is 9.53 Å². The van der Waals surface area contributed by atoms with E-state index in [-0.39, 0.29) is 17.2 Å². The summed E-state index contributed by atoms with van der Waals surface area (Å²) >= 11 is 0. The van der Waals surface area contributed by atoms with Crippen molar-refractivity contribution in [1.29, 1.82) is 0 Å². The number of anilines is 1. The van der Waals surface area contributed by atoms with Gasteiger partial charge in [-0.1, -0.05) is 6.07 Å². The second-order valence-electron chi connectivity index (χ2n) is 10.0. The van der Waals surface area contributed by atoms with Crippen LogP contribution in [0.4, 0.5) is 5.69 Å². The molecule has 4 saturated heterocycles. The van der Waals surface area contributed by atoms with Gasteiger partial charge in [0.1, 0.15) is 0 Å². The van der Waals surface area contributed by atoms with Crippen molar-refractivity contribution in [2.75, 3.05) is 44.3 Å². The smallest absolute Gasteiger partial charge is 0.227 e. The van der Waals surface area contributed by atoms with Crippen LogP contribution in [0, 0.1) is 12.3 Å². The van der Waals surface area contributed by atoms with Gasteiger partial charge in [-0.05, 0) is 82.2 Å². The monoisotopic (exact) mass is 411 g/mol. The Morgan fingerprint density at radius 3 is 2.63 bits per heavy atom. The first-order chi connectivity index (χ1) is 14.6. The molecule has 0 aliphatic carbocycles. The predicted molar refractivity (Wildman–Crippen MR) is 120 cm³/mol. The average molecular weight is 412 g/mol. The Hall–Kier alpha value is -1.59. The van der Waals surface area contributed by atoms with E-state index in [1.54, 1.807) is 0 Å². The molecule has 0 radical (unpaired) electrons. The molecule has 5 nitrogen and oxygen atoms in total. The van der Waals surface area contributed by atoms with Gasteiger partial charge in [-0.2, -0.15) is 0 Å². The molecular formula is C25H37N3O2. The van der Waals surface area contributed by atoms with Crippen molar-refractivity contribution < 1.29 is 9.53 Å². The lowest BCUT2D eigenvalue weighted by atomic mass is 9.67. The van der Waals surface area contributed by atoms with E-state index in [9.17, 15) is 4.79 Å². The molecule has 0 bridgehead atoms. The largest absolute Gasteiger partial charge is 0.381 e. The van der Waals surface area contributed by atoms with Crippen molar-refractivity contribution in [3.8, 4) is 0 Å². The van der Waals surface area contributed by atoms with Crippen molar-refractivity contribution in [1.82, 2.24) is 10.2 Å². The number of aryl methyl sites for hydroxylation is 1. The Bertz CT molecular complexity index is 789. The number of carbonyl (C=O) groups excluding carboxylic acids is 1. The maximum atomic E-state index is 12.7. The molecule has 1 spiro atoms. The Morgan fingerprint density at radius 2 is 1.97 bits per heavy atom. The fourth-order valence-corrected chi connectivity index (χ4v) is 6.64. The van der Waals surface area contributed by atoms with Crippen LogP contribution >= 0.6 is 0 Å². The first-order valence-electron chi connectivity index (χ1n) is 12.1. The van der Waals surface area contributed by atoms with Gasteiger partial charge in [0, 0.05) is 49.9 Å². The van der Waals surface area contributed by atoms with Crippen LogP contribution in [-0.4, -0.2) is 62.3 Å². The van der Waals surface area contributed by atoms with Crippen LogP contribution in [0.2, 0.25) is 0 Å². The number of likely N-dealkylation sites (tertiary alicyclic amines) is 1. The number of carbonyl (C=O) groups is 1. The summed E-state index contributed by atoms with van der Waals surface area (Å²) in [7, 11) is 0. The van der Waals surface area contributed by atoms with Gasteiger partial charge < -0.3 is 15.0 Å². The molecule has 4 aliphatic rings. The molecule has 1 aromatic rings. The molecule has 4 heterocycles. The van der Waals surface area contributed by atoms with Gasteiger partial charge >= 0.3 is 0 Å². The highest BCUT2D eigenvalue weighted by molar-refractivity contribution is 5.86. The molecule has 4 aliphatic heterocycles. The molecule has 164 valence electrons. The number of nitrogens with zero attached hydrogens (tertiary/aromatic N) is 2. The van der Waals surface area contributed by atoms with Crippen molar-refractivity contribution in [3.63, 3.8) is 0 Å². The fraction of sp³-hybridized carbons (Fsp3) is 0.720. The summed E-state index contributed by atoms with van der Waals surface area (Å²) in [4.78, 5) is 18.1. The van der Waals surface area contributed by atoms with Crippen LogP contribution in [0.15, 0.2) is 18.2 Å². The Kier molecular flexibility index (Phi) is 5.53. The minimum absolute atomic E-state index is 0.171. The van der Waals surface area contributed by atoms with Crippen LogP contribution in [0.1, 0.15) is 62.5 Å². The summed E-state index contributed by atoms with van der Waals surface area (Å²) in [5.74, 6) is 0.405. The maximum absolute atomic E-state index is 12.7. The van der Waals surface area contributed by atoms with Crippen molar-refractivity contribution in [3.05, 3.63) is 29.3 Å². The summed E-state index contributed by atoms with van der Waals surface area (Å²) in [5, 5.41) is 3.09. The first kappa shape index (κ1) is 20.3. The molecule has 5 heteroatoms. The molecule has 5 rings (SSSR count). The van der Waals surface area contributed by atoms with Crippen molar-refractivity contribution >= 4 is 11.6 Å². The number of amides is 1. The third kappa shape index (κ3) is 3.44. The summed E-state index contributed by atoms with van der Waals surface area (Å²) in [6.07, 6.45) is 7.05. The number of ether oxygens (including phenoxy) is 1. The molecular weight excluding hydrogens is 374 g/mol. The second-order valence-corrected chi connectivity index (χ2v) is 10.0. The minimum Gasteiger partial charge on any atom is -0.381 e. The zero-order valence-electron chi connectivity index (χ0n) is 18.7. The van der Waals surface area contributed by atoms with Gasteiger partial charge in [0.2, 0.25) is 5.91 Å². The van der Waals surface area contributed by atoms with E-state index in [1.165, 1.54) is 49.0 Å². The lowest BCUT2D eigenvalue weighted by molar-refractivity contribution is -0.134. The third-order valence-corrected chi connectivity index (χ3v) is 8.48. The molecule has 1 N–H and O–H groups in total. The van der Waals surface area contributed by atoms with Crippen LogP contribution in [0.5, 0.6) is 0 Å². The second kappa shape index (κ2) is 8.16. The average Bonchev–Trinajstić information content (AvgIpc) is 3.35. The number of benzene rings is 1. The zero-order valence-corrected chi connectivity index (χ0v) is 18.7. The molecule has 0 saturated carbocycles. The van der Waals surface area contributed by atoms with E-state index in [0.717, 1.165) is 44.6 Å². The Labute approximate surface area is 181 Å². The quantitative estimate of drug-likeness (QED) is 0.827. The van der Waals surface area contributed by atoms with Gasteiger partial charge in [-0.25, -0.2) is 0 Å². The highest BCUT2D eigenvalue weighted by Crippen LogP contribution is 2.48. The highest BCUT2D eigenvalue weighted by atomic mass is 16.5. The topological polar surface area (TPSA) is 44.8 Å². The Balaban J connectivity index is 1.30. The number of hydrogen-bond donors (Lipinski definition) is 1. The van der Waals surface area contributed by atoms with E-state index < -0.39 is 0 Å². The highest BCUT2D eigenvalue weighted by Gasteiger charge is 2.51. The summed E-state index contributed by atoms with van der Waals surface area (Å²) in [6, 6.07) is 8.45. The molecule has 3 atom stereocenters. The van der Waals surface area contributed by atoms with E-state index in [1.807, 2.05) is 0 Å². The van der Waals surface area contributed by atoms with Gasteiger partial charge in [0.15, 0.2) is 0 Å². The molecule has 4 fully saturated rings. The molecule has 30 heavy (non-hydrogen) atoms. The summed E-state index contributed by atoms with van der Waals surface area (Å²) in [5.41, 5.74) is 3.68. The fourth-order valence-electron chi connectivity index (χ4n) is 6.64. The van der Waals surface area contributed by atoms with Crippen LogP contribution in [0.25, 0.3) is 0 Å². The standard InChI is InChI=1S/C25H37N3O2/c1-18-16-21(27-13-7-20(8-14-27)28-12-3-4-19(28)2)5-6-22(18)23-17-30-15-10-25(23)9-11-26-24(25)29/h5-6,16,19-20,23H,3-4,7-15,17H2,1-2H3,(H,26,29)/t19-,23?,25?/m0/s1. The predicted octanol–water partition coefficient (Wildman–Crippen LogP) is 3.46. The molecule has 2 unspecified atom stereocenters. The summed E-state index contributed by atoms with van der Waals surface area (Å²) < 4.78 is 5.85. The summed E-state index contributed by atoms with van der Waals surface area (Å²) in [6.45, 7) is 10.4. The van der Waals surface area contributed by atoms with E-state index >= 15 is 0 Å². The maximum Gasteiger partial charge on any atom is 0.227 e. The van der Waals surface area contributed by atoms with Crippen LogP contribution < -0.4 is 10.2 Å². The molecule has 1 amide bonds. The van der Waals surface area contributed by atoms with Gasteiger partial charge in [-0.15, -0.1) is 0 Å². The number of piperidine rings is 1. The van der Waals surface area contributed by atoms with Gasteiger partial charge in [0.05, 0.1) is 12.0 Å². The normalized spacial score (nSPS) is 33.4. The minimum atomic E-state index is -0.269. The third-order valence-electron chi connectivity index (χ3n) is 8.48. The van der Waals surface area contributed by atoms with E-state index in [0.29, 0.717) is 13.2 Å². The molecule has 1 aromatic carbocycles. The van der Waals surface area contributed by atoms with E-state index in [4.69, 9.17) is 4.74 Å². The molecule has 0 aromatic heterocycles. The lowest BCUT2D eigenvalue weighted by Crippen LogP contribution is -2.46. The zero-order chi connectivity index (χ0) is 20.7. The van der Waals surface area contributed by atoms with Crippen molar-refractivity contribution in [2.45, 2.75) is 70.4 Å². The van der Waals surface area contributed by atoms with Gasteiger partial charge in [0.25, 0.3) is 0 Å². The number of hydrogen-bond acceptors (Lipinski definition) is 4. The SMILES string of the molecule is Cc1cc(N2CCC(N3CCC[C@@H]3C)CC2)ccc1C1COCCC12CCNC2=O. The first-order valence-corrected chi connectivity index (χ1v) is 12.1. The van der Waals surface area contributed by atoms with Crippen LogP contribution in [0.3, 0.4) is 0 Å². The van der Waals surface area contributed by atoms with Crippen molar-refractivity contribution in [2.24, 2.45) is 5.41 Å². The van der Waals surface area contributed by atoms with Gasteiger partial charge in [-0.3, -0.25) is 9.69 Å². The van der Waals surface area contributed by atoms with E-state index in [2.05, 4.69) is 47.2 Å². The lowest BCUT2D eigenvalue weighted by Gasteiger charge is -2.41. The Morgan fingerprint density at radius 1 is 1.13 bits per heavy atom. The number of nitrogens with one attached hydrogen (secondary N) is 1.